The summed E-state index contributed by atoms with van der Waals surface area (Å²) in [6.45, 7) is 0. The van der Waals surface area contributed by atoms with Crippen molar-refractivity contribution in [2.75, 3.05) is 14.2 Å². The van der Waals surface area contributed by atoms with Gasteiger partial charge in [0.15, 0.2) is 5.57 Å². The highest BCUT2D eigenvalue weighted by molar-refractivity contribution is 6.38. The molecule has 0 aromatic carbocycles. The molecule has 0 atom stereocenters. The highest BCUT2D eigenvalue weighted by atomic mass is 16.5. The molecule has 0 aromatic heterocycles. The number of amides is 2. The number of methoxy groups -OCH3 is 2. The van der Waals surface area contributed by atoms with Crippen molar-refractivity contribution in [1.82, 2.24) is 10.6 Å². The van der Waals surface area contributed by atoms with Gasteiger partial charge in [0.2, 0.25) is 0 Å². The molecule has 0 radical (unpaired) electrons. The predicted octanol–water partition coefficient (Wildman–Crippen LogP) is -2.21. The molecule has 1 heterocycles. The van der Waals surface area contributed by atoms with Crippen molar-refractivity contribution in [2.24, 2.45) is 0 Å². The first-order valence-electron chi connectivity index (χ1n) is 4.04. The van der Waals surface area contributed by atoms with Gasteiger partial charge in [0.25, 0.3) is 0 Å². The van der Waals surface area contributed by atoms with Gasteiger partial charge in [-0.05, 0) is 0 Å². The van der Waals surface area contributed by atoms with Crippen LogP contribution < -0.4 is 10.6 Å². The monoisotopic (exact) mass is 228 g/mol. The lowest BCUT2D eigenvalue weighted by atomic mass is 10.2. The number of ether oxygens (including phenoxy) is 2. The van der Waals surface area contributed by atoms with Gasteiger partial charge in [-0.15, -0.1) is 0 Å². The molecule has 0 unspecified atom stereocenters. The minimum atomic E-state index is -1.02. The van der Waals surface area contributed by atoms with Crippen molar-refractivity contribution in [3.63, 3.8) is 0 Å². The standard InChI is InChI=1S/C8H8N2O6/c1-15-7(13)3(8(14)16-2)4-9-5(11)6(12)10-4/h1-2H3,(H,9,11)(H,10,12). The maximum absolute atomic E-state index is 11.2. The van der Waals surface area contributed by atoms with E-state index in [1.54, 1.807) is 0 Å². The summed E-state index contributed by atoms with van der Waals surface area (Å²) in [7, 11) is 2.09. The molecule has 2 N–H and O–H groups in total. The number of hydrogen-bond acceptors (Lipinski definition) is 6. The predicted molar refractivity (Wildman–Crippen MR) is 47.3 cm³/mol. The van der Waals surface area contributed by atoms with E-state index in [0.29, 0.717) is 0 Å². The number of nitrogens with one attached hydrogen (secondary N) is 2. The Balaban J connectivity index is 3.15. The van der Waals surface area contributed by atoms with Crippen LogP contribution in [0, 0.1) is 0 Å². The second-order valence-corrected chi connectivity index (χ2v) is 2.64. The zero-order valence-electron chi connectivity index (χ0n) is 8.45. The van der Waals surface area contributed by atoms with Crippen LogP contribution >= 0.6 is 0 Å². The van der Waals surface area contributed by atoms with E-state index in [-0.39, 0.29) is 5.82 Å². The maximum atomic E-state index is 11.2. The van der Waals surface area contributed by atoms with E-state index in [1.165, 1.54) is 0 Å². The summed E-state index contributed by atoms with van der Waals surface area (Å²) >= 11 is 0. The number of carbonyl (C=O) groups excluding carboxylic acids is 4. The lowest BCUT2D eigenvalue weighted by Gasteiger charge is -2.06. The molecule has 1 aliphatic rings. The van der Waals surface area contributed by atoms with E-state index in [0.717, 1.165) is 14.2 Å². The lowest BCUT2D eigenvalue weighted by molar-refractivity contribution is -0.144. The Morgan fingerprint density at radius 2 is 1.31 bits per heavy atom. The Kier molecular flexibility index (Phi) is 3.24. The van der Waals surface area contributed by atoms with Crippen LogP contribution in [0.25, 0.3) is 0 Å². The van der Waals surface area contributed by atoms with Crippen LogP contribution in [0.3, 0.4) is 0 Å². The smallest absolute Gasteiger partial charge is 0.349 e. The van der Waals surface area contributed by atoms with Crippen molar-refractivity contribution in [2.45, 2.75) is 0 Å². The van der Waals surface area contributed by atoms with Crippen molar-refractivity contribution < 1.29 is 28.7 Å². The van der Waals surface area contributed by atoms with Crippen LogP contribution in [-0.2, 0) is 28.7 Å². The molecular formula is C8H8N2O6. The highest BCUT2D eigenvalue weighted by Crippen LogP contribution is 2.07. The zero-order valence-corrected chi connectivity index (χ0v) is 8.45. The maximum Gasteiger partial charge on any atom is 0.349 e. The quantitative estimate of drug-likeness (QED) is 0.182. The Labute approximate surface area is 89.6 Å². The van der Waals surface area contributed by atoms with Crippen LogP contribution in [0.5, 0.6) is 0 Å². The average molecular weight is 228 g/mol. The first-order chi connectivity index (χ1) is 7.51. The van der Waals surface area contributed by atoms with Gasteiger partial charge >= 0.3 is 23.8 Å². The SMILES string of the molecule is COC(=O)C(C(=O)OC)=C1NC(=O)C(=O)N1. The summed E-state index contributed by atoms with van der Waals surface area (Å²) in [4.78, 5) is 44.2. The van der Waals surface area contributed by atoms with E-state index in [1.807, 2.05) is 10.6 Å². The molecule has 1 aliphatic heterocycles. The van der Waals surface area contributed by atoms with E-state index in [2.05, 4.69) is 9.47 Å². The van der Waals surface area contributed by atoms with Gasteiger partial charge < -0.3 is 20.1 Å². The third-order valence-electron chi connectivity index (χ3n) is 1.71. The fourth-order valence-electron chi connectivity index (χ4n) is 0.988. The van der Waals surface area contributed by atoms with Crippen molar-refractivity contribution in [3.05, 3.63) is 11.4 Å². The van der Waals surface area contributed by atoms with Crippen LogP contribution in [0.15, 0.2) is 11.4 Å². The van der Waals surface area contributed by atoms with E-state index in [4.69, 9.17) is 0 Å². The number of hydrogen-bond donors (Lipinski definition) is 2. The summed E-state index contributed by atoms with van der Waals surface area (Å²) in [5, 5.41) is 4.03. The largest absolute Gasteiger partial charge is 0.465 e. The molecule has 8 heteroatoms. The third kappa shape index (κ3) is 2.00. The molecule has 1 rings (SSSR count). The number of carbonyl (C=O) groups is 4. The Morgan fingerprint density at radius 1 is 0.938 bits per heavy atom. The van der Waals surface area contributed by atoms with Gasteiger partial charge in [0.1, 0.15) is 5.82 Å². The zero-order chi connectivity index (χ0) is 12.3. The van der Waals surface area contributed by atoms with Crippen LogP contribution in [-0.4, -0.2) is 38.0 Å². The second kappa shape index (κ2) is 4.43. The van der Waals surface area contributed by atoms with E-state index >= 15 is 0 Å². The fourth-order valence-corrected chi connectivity index (χ4v) is 0.988. The van der Waals surface area contributed by atoms with Crippen LogP contribution in [0.1, 0.15) is 0 Å². The molecule has 2 amide bonds. The summed E-state index contributed by atoms with van der Waals surface area (Å²) in [5.41, 5.74) is -0.579. The lowest BCUT2D eigenvalue weighted by Crippen LogP contribution is -2.26. The van der Waals surface area contributed by atoms with Crippen LogP contribution in [0.2, 0.25) is 0 Å². The molecule has 0 aliphatic carbocycles. The Hall–Kier alpha value is -2.38. The molecule has 16 heavy (non-hydrogen) atoms. The summed E-state index contributed by atoms with van der Waals surface area (Å²) < 4.78 is 8.64. The van der Waals surface area contributed by atoms with Gasteiger partial charge in [-0.2, -0.15) is 0 Å². The topological polar surface area (TPSA) is 111 Å². The number of esters is 2. The van der Waals surface area contributed by atoms with Gasteiger partial charge in [-0.3, -0.25) is 9.59 Å². The van der Waals surface area contributed by atoms with Crippen molar-refractivity contribution in [1.29, 1.82) is 0 Å². The molecule has 0 saturated carbocycles. The number of rotatable bonds is 2. The van der Waals surface area contributed by atoms with Crippen molar-refractivity contribution in [3.8, 4) is 0 Å². The second-order valence-electron chi connectivity index (χ2n) is 2.64. The average Bonchev–Trinajstić information content (AvgIpc) is 2.58. The fraction of sp³-hybridized carbons (Fsp3) is 0.250. The summed E-state index contributed by atoms with van der Waals surface area (Å²) in [6.07, 6.45) is 0. The molecule has 86 valence electrons. The molecule has 1 saturated heterocycles. The Morgan fingerprint density at radius 3 is 1.62 bits per heavy atom. The van der Waals surface area contributed by atoms with Gasteiger partial charge in [0.05, 0.1) is 14.2 Å². The Bertz CT molecular complexity index is 375. The minimum absolute atomic E-state index is 0.339. The molecule has 0 aromatic rings. The van der Waals surface area contributed by atoms with Gasteiger partial charge in [-0.25, -0.2) is 9.59 Å². The van der Waals surface area contributed by atoms with Crippen molar-refractivity contribution >= 4 is 23.8 Å². The third-order valence-corrected chi connectivity index (χ3v) is 1.71. The van der Waals surface area contributed by atoms with Gasteiger partial charge in [0, 0.05) is 0 Å². The van der Waals surface area contributed by atoms with Crippen LogP contribution in [0.4, 0.5) is 0 Å². The summed E-state index contributed by atoms with van der Waals surface area (Å²) in [5.74, 6) is -4.33. The first kappa shape index (κ1) is 11.7. The minimum Gasteiger partial charge on any atom is -0.465 e. The normalized spacial score (nSPS) is 14.0. The summed E-state index contributed by atoms with van der Waals surface area (Å²) in [6, 6.07) is 0. The molecule has 1 fully saturated rings. The van der Waals surface area contributed by atoms with E-state index in [9.17, 15) is 19.2 Å². The highest BCUT2D eigenvalue weighted by Gasteiger charge is 2.33. The first-order valence-corrected chi connectivity index (χ1v) is 4.04. The molecule has 0 bridgehead atoms. The molecule has 8 nitrogen and oxygen atoms in total. The van der Waals surface area contributed by atoms with E-state index < -0.39 is 29.3 Å². The van der Waals surface area contributed by atoms with Gasteiger partial charge in [-0.1, -0.05) is 0 Å². The molecular weight excluding hydrogens is 220 g/mol. The molecule has 0 spiro atoms.